The summed E-state index contributed by atoms with van der Waals surface area (Å²) in [6.07, 6.45) is 1.76. The van der Waals surface area contributed by atoms with Crippen LogP contribution < -0.4 is 0 Å². The second kappa shape index (κ2) is 8.62. The van der Waals surface area contributed by atoms with Crippen LogP contribution in [0.25, 0.3) is 16.7 Å². The van der Waals surface area contributed by atoms with Crippen LogP contribution in [0, 0.1) is 0 Å². The summed E-state index contributed by atoms with van der Waals surface area (Å²) >= 11 is 6.09. The highest BCUT2D eigenvalue weighted by Crippen LogP contribution is 2.25. The predicted octanol–water partition coefficient (Wildman–Crippen LogP) is 3.83. The molecule has 1 aliphatic rings. The van der Waals surface area contributed by atoms with Gasteiger partial charge in [-0.1, -0.05) is 35.9 Å². The minimum atomic E-state index is -3.70. The first-order valence-electron chi connectivity index (χ1n) is 10.5. The minimum Gasteiger partial charge on any atom is -0.336 e. The number of imidazole rings is 1. The fourth-order valence-electron chi connectivity index (χ4n) is 4.04. The maximum absolute atomic E-state index is 13.0. The van der Waals surface area contributed by atoms with Crippen LogP contribution >= 0.6 is 11.6 Å². The average Bonchev–Trinajstić information content (AvgIpc) is 3.28. The van der Waals surface area contributed by atoms with E-state index >= 15 is 0 Å². The molecule has 1 fully saturated rings. The zero-order chi connectivity index (χ0) is 23.0. The molecule has 0 radical (unpaired) electrons. The molecule has 0 aliphatic carbocycles. The number of hydrogen-bond donors (Lipinski definition) is 0. The lowest BCUT2D eigenvalue weighted by molar-refractivity contribution is 0.0698. The summed E-state index contributed by atoms with van der Waals surface area (Å²) in [6, 6.07) is 21.6. The van der Waals surface area contributed by atoms with Gasteiger partial charge in [-0.05, 0) is 48.5 Å². The zero-order valence-corrected chi connectivity index (χ0v) is 19.2. The first-order valence-corrected chi connectivity index (χ1v) is 12.3. The molecule has 0 unspecified atom stereocenters. The molecule has 0 atom stereocenters. The third-order valence-corrected chi connectivity index (χ3v) is 8.22. The van der Waals surface area contributed by atoms with Gasteiger partial charge in [0, 0.05) is 37.4 Å². The smallest absolute Gasteiger partial charge is 0.253 e. The van der Waals surface area contributed by atoms with Gasteiger partial charge in [-0.25, -0.2) is 13.4 Å². The second-order valence-electron chi connectivity index (χ2n) is 7.78. The Labute approximate surface area is 196 Å². The summed E-state index contributed by atoms with van der Waals surface area (Å²) < 4.78 is 29.2. The van der Waals surface area contributed by atoms with Crippen molar-refractivity contribution in [3.05, 3.63) is 89.7 Å². The molecule has 168 valence electrons. The van der Waals surface area contributed by atoms with Crippen molar-refractivity contribution in [2.45, 2.75) is 4.90 Å². The Hall–Kier alpha value is -3.20. The van der Waals surface area contributed by atoms with Crippen LogP contribution in [0.1, 0.15) is 10.4 Å². The molecule has 0 N–H and O–H groups in total. The molecule has 33 heavy (non-hydrogen) atoms. The number of hydrogen-bond acceptors (Lipinski definition) is 4. The van der Waals surface area contributed by atoms with Gasteiger partial charge in [0.2, 0.25) is 10.0 Å². The molecule has 2 heterocycles. The van der Waals surface area contributed by atoms with Gasteiger partial charge in [-0.3, -0.25) is 9.36 Å². The van der Waals surface area contributed by atoms with E-state index in [0.717, 1.165) is 16.7 Å². The predicted molar refractivity (Wildman–Crippen MR) is 127 cm³/mol. The van der Waals surface area contributed by atoms with Crippen molar-refractivity contribution < 1.29 is 13.2 Å². The van der Waals surface area contributed by atoms with Crippen molar-refractivity contribution in [2.24, 2.45) is 0 Å². The molecule has 1 amide bonds. The van der Waals surface area contributed by atoms with E-state index in [9.17, 15) is 13.2 Å². The number of piperazine rings is 1. The van der Waals surface area contributed by atoms with E-state index in [2.05, 4.69) is 4.98 Å². The fourth-order valence-corrected chi connectivity index (χ4v) is 5.95. The summed E-state index contributed by atoms with van der Waals surface area (Å²) in [4.78, 5) is 19.2. The van der Waals surface area contributed by atoms with Crippen molar-refractivity contribution in [2.75, 3.05) is 26.2 Å². The van der Waals surface area contributed by atoms with Crippen molar-refractivity contribution >= 4 is 38.6 Å². The summed E-state index contributed by atoms with van der Waals surface area (Å²) in [7, 11) is -3.70. The summed E-state index contributed by atoms with van der Waals surface area (Å²) in [6.45, 7) is 1.07. The van der Waals surface area contributed by atoms with E-state index in [1.54, 1.807) is 41.6 Å². The van der Waals surface area contributed by atoms with Crippen LogP contribution in [-0.4, -0.2) is 59.3 Å². The summed E-state index contributed by atoms with van der Waals surface area (Å²) in [5, 5.41) is 0.196. The number of carbonyl (C=O) groups is 1. The highest BCUT2D eigenvalue weighted by atomic mass is 35.5. The lowest BCUT2D eigenvalue weighted by atomic mass is 10.1. The molecule has 7 nitrogen and oxygen atoms in total. The van der Waals surface area contributed by atoms with E-state index in [4.69, 9.17) is 11.6 Å². The molecular formula is C24H21ClN4O3S. The number of rotatable bonds is 4. The molecule has 5 rings (SSSR count). The topological polar surface area (TPSA) is 75.5 Å². The van der Waals surface area contributed by atoms with Crippen LogP contribution in [0.4, 0.5) is 0 Å². The van der Waals surface area contributed by atoms with E-state index in [0.29, 0.717) is 18.7 Å². The number of nitrogens with zero attached hydrogens (tertiary/aromatic N) is 4. The molecule has 0 spiro atoms. The quantitative estimate of drug-likeness (QED) is 0.445. The highest BCUT2D eigenvalue weighted by molar-refractivity contribution is 7.89. The van der Waals surface area contributed by atoms with Gasteiger partial charge in [0.15, 0.2) is 0 Å². The maximum Gasteiger partial charge on any atom is 0.253 e. The standard InChI is InChI=1S/C24H21ClN4O3S/c25-20-5-1-4-8-23(20)33(31,32)28-15-13-27(14-16-28)24(30)18-9-11-19(12-10-18)29-17-26-21-6-2-3-7-22(21)29/h1-12,17H,13-16H2. The van der Waals surface area contributed by atoms with Crippen molar-refractivity contribution in [3.63, 3.8) is 0 Å². The van der Waals surface area contributed by atoms with Gasteiger partial charge < -0.3 is 4.90 Å². The monoisotopic (exact) mass is 480 g/mol. The fraction of sp³-hybridized carbons (Fsp3) is 0.167. The number of amides is 1. The van der Waals surface area contributed by atoms with E-state index in [-0.39, 0.29) is 28.9 Å². The minimum absolute atomic E-state index is 0.0917. The van der Waals surface area contributed by atoms with Crippen LogP contribution in [-0.2, 0) is 10.0 Å². The molecule has 3 aromatic carbocycles. The summed E-state index contributed by atoms with van der Waals surface area (Å²) in [5.41, 5.74) is 3.37. The normalized spacial score (nSPS) is 15.1. The summed E-state index contributed by atoms with van der Waals surface area (Å²) in [5.74, 6) is -0.119. The Morgan fingerprint density at radius 1 is 0.848 bits per heavy atom. The van der Waals surface area contributed by atoms with Crippen molar-refractivity contribution in [1.82, 2.24) is 18.8 Å². The number of sulfonamides is 1. The first-order chi connectivity index (χ1) is 15.9. The molecule has 1 aromatic heterocycles. The second-order valence-corrected chi connectivity index (χ2v) is 10.1. The van der Waals surface area contributed by atoms with E-state index in [1.165, 1.54) is 10.4 Å². The van der Waals surface area contributed by atoms with Crippen LogP contribution in [0.5, 0.6) is 0 Å². The Kier molecular flexibility index (Phi) is 5.65. The van der Waals surface area contributed by atoms with Gasteiger partial charge >= 0.3 is 0 Å². The van der Waals surface area contributed by atoms with Crippen LogP contribution in [0.2, 0.25) is 5.02 Å². The lowest BCUT2D eigenvalue weighted by Crippen LogP contribution is -2.50. The van der Waals surface area contributed by atoms with Crippen LogP contribution in [0.3, 0.4) is 0 Å². The molecule has 1 aliphatic heterocycles. The molecule has 4 aromatic rings. The number of fused-ring (bicyclic) bond motifs is 1. The average molecular weight is 481 g/mol. The molecule has 0 bridgehead atoms. The van der Waals surface area contributed by atoms with Gasteiger partial charge in [-0.15, -0.1) is 0 Å². The van der Waals surface area contributed by atoms with Crippen LogP contribution in [0.15, 0.2) is 84.0 Å². The van der Waals surface area contributed by atoms with Gasteiger partial charge in [-0.2, -0.15) is 4.31 Å². The van der Waals surface area contributed by atoms with E-state index in [1.807, 2.05) is 41.0 Å². The first kappa shape index (κ1) is 21.6. The Morgan fingerprint density at radius 3 is 2.24 bits per heavy atom. The Morgan fingerprint density at radius 2 is 1.52 bits per heavy atom. The zero-order valence-electron chi connectivity index (χ0n) is 17.6. The molecule has 1 saturated heterocycles. The van der Waals surface area contributed by atoms with Crippen molar-refractivity contribution in [1.29, 1.82) is 0 Å². The lowest BCUT2D eigenvalue weighted by Gasteiger charge is -2.34. The van der Waals surface area contributed by atoms with E-state index < -0.39 is 10.0 Å². The largest absolute Gasteiger partial charge is 0.336 e. The maximum atomic E-state index is 13.0. The Balaban J connectivity index is 1.28. The van der Waals surface area contributed by atoms with Gasteiger partial charge in [0.1, 0.15) is 11.2 Å². The van der Waals surface area contributed by atoms with Crippen molar-refractivity contribution in [3.8, 4) is 5.69 Å². The number of carbonyl (C=O) groups excluding carboxylic acids is 1. The molecular weight excluding hydrogens is 460 g/mol. The number of benzene rings is 3. The Bertz CT molecular complexity index is 1430. The third-order valence-electron chi connectivity index (χ3n) is 5.83. The number of halogens is 1. The molecule has 9 heteroatoms. The number of para-hydroxylation sites is 2. The highest BCUT2D eigenvalue weighted by Gasteiger charge is 2.31. The SMILES string of the molecule is O=C(c1ccc(-n2cnc3ccccc32)cc1)N1CCN(S(=O)(=O)c2ccccc2Cl)CC1. The van der Waals surface area contributed by atoms with Gasteiger partial charge in [0.25, 0.3) is 5.91 Å². The molecule has 0 saturated carbocycles. The third kappa shape index (κ3) is 4.01. The van der Waals surface area contributed by atoms with Gasteiger partial charge in [0.05, 0.1) is 16.1 Å². The number of aromatic nitrogens is 2.